The molecule has 0 radical (unpaired) electrons. The Balaban J connectivity index is 2.18. The zero-order chi connectivity index (χ0) is 18.7. The van der Waals surface area contributed by atoms with Gasteiger partial charge in [0.1, 0.15) is 5.01 Å². The van der Waals surface area contributed by atoms with E-state index in [0.29, 0.717) is 32.7 Å². The Hall–Kier alpha value is -3.06. The van der Waals surface area contributed by atoms with Crippen LogP contribution >= 0.6 is 11.3 Å². The maximum absolute atomic E-state index is 11.7. The maximum Gasteiger partial charge on any atom is 0.356 e. The second-order valence-electron chi connectivity index (χ2n) is 5.28. The lowest BCUT2D eigenvalue weighted by Gasteiger charge is -2.13. The van der Waals surface area contributed by atoms with Crippen LogP contribution in [0.15, 0.2) is 42.5 Å². The zero-order valence-electron chi connectivity index (χ0n) is 14.5. The normalized spacial score (nSPS) is 10.4. The van der Waals surface area contributed by atoms with Crippen LogP contribution in [0.25, 0.3) is 21.0 Å². The van der Waals surface area contributed by atoms with Crippen LogP contribution in [0, 0.1) is 0 Å². The summed E-state index contributed by atoms with van der Waals surface area (Å²) in [6, 6.07) is 12.8. The summed E-state index contributed by atoms with van der Waals surface area (Å²) in [6.45, 7) is 0. The Kier molecular flexibility index (Phi) is 5.09. The fraction of sp³-hybridized carbons (Fsp3) is 0.158. The topological polar surface area (TPSA) is 77.9 Å². The Bertz CT molecular complexity index is 911. The molecule has 2 aromatic carbocycles. The van der Waals surface area contributed by atoms with E-state index in [9.17, 15) is 9.90 Å². The Morgan fingerprint density at radius 2 is 1.58 bits per heavy atom. The number of carboxylic acids is 1. The largest absolute Gasteiger partial charge is 0.493 e. The van der Waals surface area contributed by atoms with Crippen molar-refractivity contribution in [2.45, 2.75) is 0 Å². The van der Waals surface area contributed by atoms with Crippen molar-refractivity contribution in [2.75, 3.05) is 21.3 Å². The highest BCUT2D eigenvalue weighted by molar-refractivity contribution is 7.18. The van der Waals surface area contributed by atoms with Gasteiger partial charge < -0.3 is 19.3 Å². The molecule has 0 bridgehead atoms. The Morgan fingerprint density at radius 1 is 0.962 bits per heavy atom. The molecule has 0 saturated heterocycles. The van der Waals surface area contributed by atoms with E-state index in [0.717, 1.165) is 5.56 Å². The van der Waals surface area contributed by atoms with Gasteiger partial charge in [-0.15, -0.1) is 11.3 Å². The van der Waals surface area contributed by atoms with Gasteiger partial charge in [0, 0.05) is 5.56 Å². The summed E-state index contributed by atoms with van der Waals surface area (Å²) in [5.74, 6) is 0.362. The van der Waals surface area contributed by atoms with Gasteiger partial charge in [0.05, 0.1) is 26.2 Å². The van der Waals surface area contributed by atoms with Crippen LogP contribution in [0.1, 0.15) is 10.5 Å². The van der Waals surface area contributed by atoms with E-state index in [2.05, 4.69) is 4.98 Å². The molecule has 0 spiro atoms. The van der Waals surface area contributed by atoms with Crippen LogP contribution in [0.3, 0.4) is 0 Å². The highest BCUT2D eigenvalue weighted by atomic mass is 32.1. The predicted octanol–water partition coefficient (Wildman–Crippen LogP) is 4.20. The van der Waals surface area contributed by atoms with Gasteiger partial charge >= 0.3 is 5.97 Å². The first-order valence-electron chi connectivity index (χ1n) is 7.69. The van der Waals surface area contributed by atoms with Gasteiger partial charge in [-0.1, -0.05) is 30.3 Å². The van der Waals surface area contributed by atoms with Gasteiger partial charge in [0.15, 0.2) is 17.2 Å². The number of ether oxygens (including phenoxy) is 3. The molecule has 3 aromatic rings. The number of carbonyl (C=O) groups is 1. The van der Waals surface area contributed by atoms with E-state index < -0.39 is 5.97 Å². The minimum Gasteiger partial charge on any atom is -0.493 e. The van der Waals surface area contributed by atoms with E-state index in [1.165, 1.54) is 32.7 Å². The molecule has 1 heterocycles. The quantitative estimate of drug-likeness (QED) is 0.700. The van der Waals surface area contributed by atoms with Crippen LogP contribution in [-0.4, -0.2) is 37.4 Å². The third-order valence-corrected chi connectivity index (χ3v) is 4.93. The van der Waals surface area contributed by atoms with Crippen LogP contribution in [0.5, 0.6) is 17.2 Å². The van der Waals surface area contributed by atoms with Crippen molar-refractivity contribution < 1.29 is 24.1 Å². The van der Waals surface area contributed by atoms with Crippen molar-refractivity contribution in [3.05, 3.63) is 48.2 Å². The predicted molar refractivity (Wildman–Crippen MR) is 99.6 cm³/mol. The summed E-state index contributed by atoms with van der Waals surface area (Å²) < 4.78 is 16.1. The molecular weight excluding hydrogens is 354 g/mol. The van der Waals surface area contributed by atoms with Crippen molar-refractivity contribution in [1.29, 1.82) is 0 Å². The van der Waals surface area contributed by atoms with Gasteiger partial charge in [-0.25, -0.2) is 9.78 Å². The molecule has 26 heavy (non-hydrogen) atoms. The molecular formula is C19H17NO5S. The number of carboxylic acid groups (broad SMARTS) is 1. The monoisotopic (exact) mass is 371 g/mol. The molecule has 134 valence electrons. The number of hydrogen-bond donors (Lipinski definition) is 1. The standard InChI is InChI=1S/C19H17NO5S/c1-23-13-9-12(10-14(24-2)16(13)25-3)18-20-15(19(21)22)17(26-18)11-7-5-4-6-8-11/h4-10H,1-3H3,(H,21,22). The molecule has 1 aromatic heterocycles. The average molecular weight is 371 g/mol. The lowest BCUT2D eigenvalue weighted by Crippen LogP contribution is -1.99. The second-order valence-corrected chi connectivity index (χ2v) is 6.28. The van der Waals surface area contributed by atoms with Gasteiger partial charge in [0.2, 0.25) is 5.75 Å². The van der Waals surface area contributed by atoms with E-state index in [1.807, 2.05) is 30.3 Å². The molecule has 0 amide bonds. The van der Waals surface area contributed by atoms with E-state index in [4.69, 9.17) is 14.2 Å². The van der Waals surface area contributed by atoms with E-state index in [1.54, 1.807) is 12.1 Å². The van der Waals surface area contributed by atoms with Crippen molar-refractivity contribution >= 4 is 17.3 Å². The fourth-order valence-corrected chi connectivity index (χ4v) is 3.63. The van der Waals surface area contributed by atoms with Crippen molar-refractivity contribution in [3.8, 4) is 38.3 Å². The van der Waals surface area contributed by atoms with Gasteiger partial charge in [-0.3, -0.25) is 0 Å². The molecule has 0 fully saturated rings. The average Bonchev–Trinajstić information content (AvgIpc) is 3.13. The third kappa shape index (κ3) is 3.21. The fourth-order valence-electron chi connectivity index (χ4n) is 2.58. The molecule has 3 rings (SSSR count). The summed E-state index contributed by atoms with van der Waals surface area (Å²) in [5, 5.41) is 10.1. The number of nitrogens with zero attached hydrogens (tertiary/aromatic N) is 1. The van der Waals surface area contributed by atoms with Gasteiger partial charge in [-0.2, -0.15) is 0 Å². The SMILES string of the molecule is COc1cc(-c2nc(C(=O)O)c(-c3ccccc3)s2)cc(OC)c1OC. The van der Waals surface area contributed by atoms with E-state index in [-0.39, 0.29) is 5.69 Å². The van der Waals surface area contributed by atoms with Crippen LogP contribution in [-0.2, 0) is 0 Å². The summed E-state index contributed by atoms with van der Waals surface area (Å²) >= 11 is 1.30. The minimum absolute atomic E-state index is 0.0185. The number of aromatic nitrogens is 1. The maximum atomic E-state index is 11.7. The number of rotatable bonds is 6. The van der Waals surface area contributed by atoms with Crippen molar-refractivity contribution in [2.24, 2.45) is 0 Å². The van der Waals surface area contributed by atoms with Gasteiger partial charge in [-0.05, 0) is 17.7 Å². The molecule has 0 unspecified atom stereocenters. The first-order valence-corrected chi connectivity index (χ1v) is 8.50. The summed E-state index contributed by atoms with van der Waals surface area (Å²) in [6.07, 6.45) is 0. The zero-order valence-corrected chi connectivity index (χ0v) is 15.3. The van der Waals surface area contributed by atoms with Crippen LogP contribution in [0.4, 0.5) is 0 Å². The molecule has 0 saturated carbocycles. The molecule has 0 aliphatic heterocycles. The number of methoxy groups -OCH3 is 3. The number of thiazole rings is 1. The molecule has 0 aliphatic carbocycles. The lowest BCUT2D eigenvalue weighted by atomic mass is 10.1. The third-order valence-electron chi connectivity index (χ3n) is 3.78. The smallest absolute Gasteiger partial charge is 0.356 e. The summed E-state index contributed by atoms with van der Waals surface area (Å²) in [7, 11) is 4.58. The molecule has 1 N–H and O–H groups in total. The number of benzene rings is 2. The summed E-state index contributed by atoms with van der Waals surface area (Å²) in [5.41, 5.74) is 1.51. The molecule has 0 aliphatic rings. The Labute approximate surface area is 154 Å². The molecule has 7 heteroatoms. The van der Waals surface area contributed by atoms with Crippen LogP contribution in [0.2, 0.25) is 0 Å². The van der Waals surface area contributed by atoms with Gasteiger partial charge in [0.25, 0.3) is 0 Å². The minimum atomic E-state index is -1.07. The van der Waals surface area contributed by atoms with Crippen molar-refractivity contribution in [3.63, 3.8) is 0 Å². The molecule has 6 nitrogen and oxygen atoms in total. The number of hydrogen-bond acceptors (Lipinski definition) is 6. The van der Waals surface area contributed by atoms with Crippen molar-refractivity contribution in [1.82, 2.24) is 4.98 Å². The lowest BCUT2D eigenvalue weighted by molar-refractivity contribution is 0.0692. The molecule has 0 atom stereocenters. The summed E-state index contributed by atoms with van der Waals surface area (Å²) in [4.78, 5) is 16.6. The Morgan fingerprint density at radius 3 is 2.08 bits per heavy atom. The van der Waals surface area contributed by atoms with Crippen LogP contribution < -0.4 is 14.2 Å². The highest BCUT2D eigenvalue weighted by Crippen LogP contribution is 2.43. The highest BCUT2D eigenvalue weighted by Gasteiger charge is 2.22. The second kappa shape index (κ2) is 7.45. The number of aromatic carboxylic acids is 1. The first kappa shape index (κ1) is 17.8. The van der Waals surface area contributed by atoms with E-state index >= 15 is 0 Å². The first-order chi connectivity index (χ1) is 12.6.